The molecule has 0 bridgehead atoms. The van der Waals surface area contributed by atoms with Crippen LogP contribution in [-0.4, -0.2) is 16.6 Å². The van der Waals surface area contributed by atoms with E-state index in [0.717, 1.165) is 16.6 Å². The number of ether oxygens (including phenoxy) is 1. The fourth-order valence-corrected chi connectivity index (χ4v) is 3.48. The molecule has 0 atom stereocenters. The number of aromatic amines is 1. The number of fused-ring (bicyclic) bond motifs is 2. The van der Waals surface area contributed by atoms with Gasteiger partial charge in [0.25, 0.3) is 5.56 Å². The topological polar surface area (TPSA) is 55.0 Å². The summed E-state index contributed by atoms with van der Waals surface area (Å²) in [6.45, 7) is 0.996. The third-order valence-electron chi connectivity index (χ3n) is 3.57. The summed E-state index contributed by atoms with van der Waals surface area (Å²) in [5, 5.41) is 3.18. The molecule has 0 spiro atoms. The molecule has 100 valence electrons. The van der Waals surface area contributed by atoms with Gasteiger partial charge in [0.2, 0.25) is 0 Å². The number of aromatic nitrogens is 2. The van der Waals surface area contributed by atoms with E-state index < -0.39 is 0 Å². The summed E-state index contributed by atoms with van der Waals surface area (Å²) in [6.07, 6.45) is 0.703. The number of hydrogen-bond donors (Lipinski definition) is 1. The molecule has 1 aliphatic rings. The molecule has 4 rings (SSSR count). The number of nitrogens with one attached hydrogen (secondary N) is 1. The summed E-state index contributed by atoms with van der Waals surface area (Å²) in [6, 6.07) is 8.16. The Labute approximate surface area is 119 Å². The molecule has 2 aromatic heterocycles. The van der Waals surface area contributed by atoms with Gasteiger partial charge in [-0.1, -0.05) is 18.2 Å². The fourth-order valence-electron chi connectivity index (χ4n) is 2.53. The van der Waals surface area contributed by atoms with E-state index in [1.807, 2.05) is 12.1 Å². The highest BCUT2D eigenvalue weighted by molar-refractivity contribution is 7.17. The van der Waals surface area contributed by atoms with Crippen LogP contribution in [0.15, 0.2) is 34.4 Å². The number of thiophene rings is 1. The standard InChI is InChI=1S/C15H12N2O2S/c18-15-10-7-19-6-5-12(10)16-14(17-15)11-8-20-13-4-2-1-3-9(11)13/h1-4,8H,5-7H2,(H,16,17,18). The molecule has 0 fully saturated rings. The van der Waals surface area contributed by atoms with E-state index in [-0.39, 0.29) is 5.56 Å². The van der Waals surface area contributed by atoms with Crippen LogP contribution >= 0.6 is 11.3 Å². The maximum atomic E-state index is 12.1. The molecule has 0 radical (unpaired) electrons. The van der Waals surface area contributed by atoms with Crippen LogP contribution < -0.4 is 5.56 Å². The summed E-state index contributed by atoms with van der Waals surface area (Å²) in [7, 11) is 0. The Hall–Kier alpha value is -1.98. The molecule has 3 aromatic rings. The average molecular weight is 284 g/mol. The summed E-state index contributed by atoms with van der Waals surface area (Å²) >= 11 is 1.67. The number of hydrogen-bond acceptors (Lipinski definition) is 4. The van der Waals surface area contributed by atoms with Crippen LogP contribution in [0, 0.1) is 0 Å². The lowest BCUT2D eigenvalue weighted by atomic mass is 10.1. The lowest BCUT2D eigenvalue weighted by Gasteiger charge is -2.15. The monoisotopic (exact) mass is 284 g/mol. The highest BCUT2D eigenvalue weighted by Crippen LogP contribution is 2.31. The number of nitrogens with zero attached hydrogens (tertiary/aromatic N) is 1. The van der Waals surface area contributed by atoms with Crippen LogP contribution in [0.1, 0.15) is 11.3 Å². The van der Waals surface area contributed by atoms with Gasteiger partial charge in [0, 0.05) is 27.5 Å². The lowest BCUT2D eigenvalue weighted by molar-refractivity contribution is 0.108. The van der Waals surface area contributed by atoms with Gasteiger partial charge in [0.1, 0.15) is 5.82 Å². The highest BCUT2D eigenvalue weighted by Gasteiger charge is 2.17. The van der Waals surface area contributed by atoms with Crippen LogP contribution in [0.2, 0.25) is 0 Å². The van der Waals surface area contributed by atoms with Gasteiger partial charge < -0.3 is 9.72 Å². The number of benzene rings is 1. The lowest BCUT2D eigenvalue weighted by Crippen LogP contribution is -2.24. The molecule has 0 saturated carbocycles. The summed E-state index contributed by atoms with van der Waals surface area (Å²) in [5.41, 5.74) is 2.45. The van der Waals surface area contributed by atoms with E-state index in [0.29, 0.717) is 31.0 Å². The molecule has 4 nitrogen and oxygen atoms in total. The van der Waals surface area contributed by atoms with Crippen molar-refractivity contribution >= 4 is 21.4 Å². The summed E-state index contributed by atoms with van der Waals surface area (Å²) in [4.78, 5) is 19.7. The van der Waals surface area contributed by atoms with E-state index in [9.17, 15) is 4.79 Å². The highest BCUT2D eigenvalue weighted by atomic mass is 32.1. The summed E-state index contributed by atoms with van der Waals surface area (Å²) in [5.74, 6) is 0.660. The van der Waals surface area contributed by atoms with Crippen LogP contribution in [-0.2, 0) is 17.8 Å². The minimum atomic E-state index is -0.0834. The Morgan fingerprint density at radius 3 is 3.15 bits per heavy atom. The maximum Gasteiger partial charge on any atom is 0.256 e. The van der Waals surface area contributed by atoms with Crippen molar-refractivity contribution < 1.29 is 4.74 Å². The molecule has 0 saturated heterocycles. The Kier molecular flexibility index (Phi) is 2.68. The fraction of sp³-hybridized carbons (Fsp3) is 0.200. The van der Waals surface area contributed by atoms with Crippen LogP contribution in [0.4, 0.5) is 0 Å². The van der Waals surface area contributed by atoms with Crippen molar-refractivity contribution in [3.63, 3.8) is 0 Å². The van der Waals surface area contributed by atoms with Crippen molar-refractivity contribution in [3.05, 3.63) is 51.3 Å². The van der Waals surface area contributed by atoms with E-state index in [1.54, 1.807) is 11.3 Å². The Morgan fingerprint density at radius 2 is 2.20 bits per heavy atom. The van der Waals surface area contributed by atoms with Crippen LogP contribution in [0.3, 0.4) is 0 Å². The normalized spacial score (nSPS) is 14.4. The van der Waals surface area contributed by atoms with Crippen molar-refractivity contribution in [2.24, 2.45) is 0 Å². The zero-order chi connectivity index (χ0) is 13.5. The first kappa shape index (κ1) is 11.8. The van der Waals surface area contributed by atoms with Crippen LogP contribution in [0.5, 0.6) is 0 Å². The molecular weight excluding hydrogens is 272 g/mol. The van der Waals surface area contributed by atoms with Crippen molar-refractivity contribution in [2.45, 2.75) is 13.0 Å². The largest absolute Gasteiger partial charge is 0.376 e. The summed E-state index contributed by atoms with van der Waals surface area (Å²) < 4.78 is 6.52. The van der Waals surface area contributed by atoms with Gasteiger partial charge in [-0.25, -0.2) is 4.98 Å². The van der Waals surface area contributed by atoms with Crippen molar-refractivity contribution in [3.8, 4) is 11.4 Å². The third-order valence-corrected chi connectivity index (χ3v) is 4.53. The quantitative estimate of drug-likeness (QED) is 0.747. The molecule has 0 unspecified atom stereocenters. The molecule has 0 amide bonds. The Balaban J connectivity index is 1.94. The van der Waals surface area contributed by atoms with Gasteiger partial charge in [0.05, 0.1) is 24.5 Å². The predicted molar refractivity (Wildman–Crippen MR) is 79.0 cm³/mol. The molecule has 1 aromatic carbocycles. The minimum absolute atomic E-state index is 0.0834. The zero-order valence-electron chi connectivity index (χ0n) is 10.7. The SMILES string of the molecule is O=c1[nH]c(-c2csc3ccccc23)nc2c1COCC2. The number of rotatable bonds is 1. The first-order valence-electron chi connectivity index (χ1n) is 6.49. The molecule has 20 heavy (non-hydrogen) atoms. The second-order valence-electron chi connectivity index (χ2n) is 4.79. The molecular formula is C15H12N2O2S. The molecule has 0 aliphatic carbocycles. The van der Waals surface area contributed by atoms with Gasteiger partial charge >= 0.3 is 0 Å². The second kappa shape index (κ2) is 4.54. The minimum Gasteiger partial charge on any atom is -0.376 e. The Morgan fingerprint density at radius 1 is 1.30 bits per heavy atom. The van der Waals surface area contributed by atoms with Crippen molar-refractivity contribution in [2.75, 3.05) is 6.61 Å². The van der Waals surface area contributed by atoms with Gasteiger partial charge in [-0.3, -0.25) is 4.79 Å². The van der Waals surface area contributed by atoms with Gasteiger partial charge in [-0.05, 0) is 6.07 Å². The number of H-pyrrole nitrogens is 1. The van der Waals surface area contributed by atoms with Crippen molar-refractivity contribution in [1.29, 1.82) is 0 Å². The smallest absolute Gasteiger partial charge is 0.256 e. The third kappa shape index (κ3) is 1.78. The average Bonchev–Trinajstić information content (AvgIpc) is 2.91. The van der Waals surface area contributed by atoms with E-state index >= 15 is 0 Å². The van der Waals surface area contributed by atoms with Gasteiger partial charge in [-0.15, -0.1) is 11.3 Å². The van der Waals surface area contributed by atoms with Gasteiger partial charge in [-0.2, -0.15) is 0 Å². The first-order chi connectivity index (χ1) is 9.83. The zero-order valence-corrected chi connectivity index (χ0v) is 11.5. The molecule has 5 heteroatoms. The van der Waals surface area contributed by atoms with E-state index in [1.165, 1.54) is 4.70 Å². The molecule has 3 heterocycles. The molecule has 1 N–H and O–H groups in total. The van der Waals surface area contributed by atoms with Gasteiger partial charge in [0.15, 0.2) is 0 Å². The molecule has 1 aliphatic heterocycles. The first-order valence-corrected chi connectivity index (χ1v) is 7.37. The van der Waals surface area contributed by atoms with Crippen molar-refractivity contribution in [1.82, 2.24) is 9.97 Å². The second-order valence-corrected chi connectivity index (χ2v) is 5.70. The predicted octanol–water partition coefficient (Wildman–Crippen LogP) is 2.72. The Bertz CT molecular complexity index is 850. The maximum absolute atomic E-state index is 12.1. The van der Waals surface area contributed by atoms with Crippen LogP contribution in [0.25, 0.3) is 21.5 Å². The van der Waals surface area contributed by atoms with E-state index in [4.69, 9.17) is 4.74 Å². The van der Waals surface area contributed by atoms with E-state index in [2.05, 4.69) is 27.5 Å².